The Balaban J connectivity index is 0. The Hall–Kier alpha value is 1.29. The minimum atomic E-state index is 0. The standard InChI is InChI=1S/C5H11N3S.K.H/c1-4-7(2)5(9)6-8(4)3;;/h4H,1-3H3,(H,6,9);;/q;+1;-1. The van der Waals surface area contributed by atoms with Gasteiger partial charge in [0.2, 0.25) is 0 Å². The molecule has 1 N–H and O–H groups in total. The molecule has 10 heavy (non-hydrogen) atoms. The molecule has 1 aliphatic rings. The van der Waals surface area contributed by atoms with Crippen molar-refractivity contribution < 1.29 is 52.8 Å². The zero-order valence-electron chi connectivity index (χ0n) is 7.88. The van der Waals surface area contributed by atoms with Crippen LogP contribution in [0.2, 0.25) is 0 Å². The van der Waals surface area contributed by atoms with E-state index in [0.29, 0.717) is 6.17 Å². The Labute approximate surface area is 111 Å². The van der Waals surface area contributed by atoms with Gasteiger partial charge in [-0.05, 0) is 19.1 Å². The molecule has 1 saturated heterocycles. The van der Waals surface area contributed by atoms with Crippen molar-refractivity contribution in [1.29, 1.82) is 0 Å². The molecule has 5 heteroatoms. The summed E-state index contributed by atoms with van der Waals surface area (Å²) < 4.78 is 0. The fourth-order valence-corrected chi connectivity index (χ4v) is 1.05. The maximum absolute atomic E-state index is 4.97. The molecule has 1 atom stereocenters. The van der Waals surface area contributed by atoms with Gasteiger partial charge in [0.25, 0.3) is 0 Å². The van der Waals surface area contributed by atoms with Crippen molar-refractivity contribution in [2.24, 2.45) is 0 Å². The monoisotopic (exact) mass is 185 g/mol. The molecule has 0 bridgehead atoms. The SMILES string of the molecule is CC1N(C)NC(=S)N1C.[H-].[K+]. The van der Waals surface area contributed by atoms with Crippen LogP contribution in [-0.2, 0) is 0 Å². The normalized spacial score (nSPS) is 26.1. The molecule has 0 aromatic rings. The van der Waals surface area contributed by atoms with Crippen molar-refractivity contribution >= 4 is 17.3 Å². The third kappa shape index (κ3) is 2.13. The summed E-state index contributed by atoms with van der Waals surface area (Å²) in [7, 11) is 3.95. The molecule has 0 radical (unpaired) electrons. The van der Waals surface area contributed by atoms with Crippen LogP contribution in [0, 0.1) is 0 Å². The van der Waals surface area contributed by atoms with E-state index in [0.717, 1.165) is 5.11 Å². The van der Waals surface area contributed by atoms with Gasteiger partial charge in [0.05, 0.1) is 6.17 Å². The summed E-state index contributed by atoms with van der Waals surface area (Å²) in [6, 6.07) is 0. The zero-order chi connectivity index (χ0) is 7.02. The van der Waals surface area contributed by atoms with Gasteiger partial charge in [-0.1, -0.05) is 0 Å². The third-order valence-corrected chi connectivity index (χ3v) is 2.09. The summed E-state index contributed by atoms with van der Waals surface area (Å²) in [5, 5.41) is 2.77. The molecule has 1 aliphatic heterocycles. The first kappa shape index (κ1) is 11.3. The van der Waals surface area contributed by atoms with E-state index in [1.807, 2.05) is 24.0 Å². The molecule has 1 heterocycles. The molecular formula is C5H12KN3S. The minimum absolute atomic E-state index is 0. The fraction of sp³-hybridized carbons (Fsp3) is 0.800. The molecule has 1 unspecified atom stereocenters. The van der Waals surface area contributed by atoms with E-state index >= 15 is 0 Å². The summed E-state index contributed by atoms with van der Waals surface area (Å²) >= 11 is 4.97. The van der Waals surface area contributed by atoms with Crippen LogP contribution >= 0.6 is 12.2 Å². The van der Waals surface area contributed by atoms with Gasteiger partial charge < -0.3 is 6.33 Å². The smallest absolute Gasteiger partial charge is 1.00 e. The van der Waals surface area contributed by atoms with Crippen molar-refractivity contribution in [3.8, 4) is 0 Å². The van der Waals surface area contributed by atoms with Crippen LogP contribution in [0.15, 0.2) is 0 Å². The van der Waals surface area contributed by atoms with Crippen molar-refractivity contribution in [3.63, 3.8) is 0 Å². The molecule has 0 aromatic heterocycles. The first-order valence-corrected chi connectivity index (χ1v) is 3.30. The Morgan fingerprint density at radius 2 is 2.10 bits per heavy atom. The van der Waals surface area contributed by atoms with E-state index in [1.54, 1.807) is 0 Å². The molecular weight excluding hydrogens is 173 g/mol. The molecule has 0 spiro atoms. The number of nitrogens with zero attached hydrogens (tertiary/aromatic N) is 2. The Bertz CT molecular complexity index is 146. The van der Waals surface area contributed by atoms with E-state index in [4.69, 9.17) is 12.2 Å². The predicted molar refractivity (Wildman–Crippen MR) is 41.8 cm³/mol. The molecule has 0 aliphatic carbocycles. The molecule has 0 aromatic carbocycles. The van der Waals surface area contributed by atoms with Gasteiger partial charge >= 0.3 is 51.4 Å². The predicted octanol–water partition coefficient (Wildman–Crippen LogP) is -2.88. The first-order chi connectivity index (χ1) is 4.13. The molecule has 0 amide bonds. The van der Waals surface area contributed by atoms with E-state index in [2.05, 4.69) is 12.3 Å². The summed E-state index contributed by atoms with van der Waals surface area (Å²) in [4.78, 5) is 2.01. The van der Waals surface area contributed by atoms with Gasteiger partial charge in [-0.15, -0.1) is 0 Å². The van der Waals surface area contributed by atoms with Crippen LogP contribution < -0.4 is 56.8 Å². The first-order valence-electron chi connectivity index (χ1n) is 2.89. The quantitative estimate of drug-likeness (QED) is 0.323. The summed E-state index contributed by atoms with van der Waals surface area (Å²) in [6.45, 7) is 2.09. The van der Waals surface area contributed by atoms with Gasteiger partial charge in [0.15, 0.2) is 5.11 Å². The maximum atomic E-state index is 4.97. The summed E-state index contributed by atoms with van der Waals surface area (Å²) in [5.41, 5.74) is 3.01. The number of hydrazine groups is 1. The van der Waals surface area contributed by atoms with E-state index in [1.165, 1.54) is 0 Å². The number of hydrogen-bond acceptors (Lipinski definition) is 2. The van der Waals surface area contributed by atoms with Crippen LogP contribution in [0.25, 0.3) is 0 Å². The minimum Gasteiger partial charge on any atom is -1.00 e. The molecule has 54 valence electrons. The van der Waals surface area contributed by atoms with Crippen LogP contribution in [-0.4, -0.2) is 35.3 Å². The second kappa shape index (κ2) is 4.35. The third-order valence-electron chi connectivity index (χ3n) is 1.71. The van der Waals surface area contributed by atoms with E-state index in [-0.39, 0.29) is 52.8 Å². The fourth-order valence-electron chi connectivity index (χ4n) is 0.753. The summed E-state index contributed by atoms with van der Waals surface area (Å²) in [5.74, 6) is 0. The number of hydrogen-bond donors (Lipinski definition) is 1. The van der Waals surface area contributed by atoms with Crippen LogP contribution in [0.3, 0.4) is 0 Å². The van der Waals surface area contributed by atoms with Crippen molar-refractivity contribution in [2.75, 3.05) is 14.1 Å². The second-order valence-corrected chi connectivity index (χ2v) is 2.66. The average molecular weight is 185 g/mol. The molecule has 0 saturated carbocycles. The van der Waals surface area contributed by atoms with Crippen molar-refractivity contribution in [3.05, 3.63) is 0 Å². The molecule has 1 fully saturated rings. The summed E-state index contributed by atoms with van der Waals surface area (Å²) in [6.07, 6.45) is 0.373. The average Bonchev–Trinajstić information content (AvgIpc) is 1.98. The second-order valence-electron chi connectivity index (χ2n) is 2.27. The van der Waals surface area contributed by atoms with Gasteiger partial charge in [-0.2, -0.15) is 0 Å². The Morgan fingerprint density at radius 3 is 2.20 bits per heavy atom. The number of nitrogens with one attached hydrogen (secondary N) is 1. The zero-order valence-corrected chi connectivity index (χ0v) is 10.8. The van der Waals surface area contributed by atoms with Crippen molar-refractivity contribution in [1.82, 2.24) is 15.3 Å². The molecule has 1 rings (SSSR count). The van der Waals surface area contributed by atoms with Gasteiger partial charge in [-0.25, -0.2) is 5.01 Å². The van der Waals surface area contributed by atoms with Gasteiger partial charge in [0.1, 0.15) is 0 Å². The Kier molecular flexibility index (Phi) is 4.91. The van der Waals surface area contributed by atoms with E-state index < -0.39 is 0 Å². The van der Waals surface area contributed by atoms with Crippen molar-refractivity contribution in [2.45, 2.75) is 13.1 Å². The number of thiocarbonyl (C=S) groups is 1. The topological polar surface area (TPSA) is 18.5 Å². The van der Waals surface area contributed by atoms with Crippen LogP contribution in [0.1, 0.15) is 8.35 Å². The van der Waals surface area contributed by atoms with Gasteiger partial charge in [0, 0.05) is 14.1 Å². The number of rotatable bonds is 0. The largest absolute Gasteiger partial charge is 1.00 e. The Morgan fingerprint density at radius 1 is 1.60 bits per heavy atom. The van der Waals surface area contributed by atoms with Crippen LogP contribution in [0.4, 0.5) is 0 Å². The van der Waals surface area contributed by atoms with Gasteiger partial charge in [-0.3, -0.25) is 5.43 Å². The van der Waals surface area contributed by atoms with E-state index in [9.17, 15) is 0 Å². The maximum Gasteiger partial charge on any atom is 1.00 e. The van der Waals surface area contributed by atoms with Crippen LogP contribution in [0.5, 0.6) is 0 Å². The molecule has 3 nitrogen and oxygen atoms in total.